The summed E-state index contributed by atoms with van der Waals surface area (Å²) in [6.45, 7) is 4.19. The van der Waals surface area contributed by atoms with Gasteiger partial charge in [-0.15, -0.1) is 0 Å². The maximum Gasteiger partial charge on any atom is 0.333 e. The minimum atomic E-state index is -0.521. The molecule has 0 aliphatic carbocycles. The van der Waals surface area contributed by atoms with Gasteiger partial charge in [-0.25, -0.2) is 9.37 Å². The van der Waals surface area contributed by atoms with Gasteiger partial charge < -0.3 is 9.64 Å². The van der Waals surface area contributed by atoms with Crippen LogP contribution in [0.5, 0.6) is 5.75 Å². The van der Waals surface area contributed by atoms with Crippen molar-refractivity contribution in [2.24, 2.45) is 4.99 Å². The highest BCUT2D eigenvalue weighted by molar-refractivity contribution is 6.21. The summed E-state index contributed by atoms with van der Waals surface area (Å²) in [7, 11) is 4.84. The van der Waals surface area contributed by atoms with Crippen molar-refractivity contribution in [1.82, 2.24) is 14.7 Å². The number of amidine groups is 1. The number of ether oxygens (including phenoxy) is 1. The molecule has 28 heavy (non-hydrogen) atoms. The summed E-state index contributed by atoms with van der Waals surface area (Å²) >= 11 is 0. The molecule has 9 nitrogen and oxygen atoms in total. The standard InChI is InChI=1S/C19H25N6O3/c1-21-17-16(18(26)22(2)19(21)27)25(12-20-17)13-23-8-10-24(11-9-23)14-4-6-15(28-3)7-5-14/h4-7,12,16H,8-11,13H2,1-3H3/q+1. The lowest BCUT2D eigenvalue weighted by atomic mass is 10.1. The fraction of sp³-hybridized carbons (Fsp3) is 0.474. The zero-order valence-corrected chi connectivity index (χ0v) is 16.4. The Morgan fingerprint density at radius 3 is 2.39 bits per heavy atom. The fourth-order valence-corrected chi connectivity index (χ4v) is 3.83. The molecule has 4 rings (SSSR count). The van der Waals surface area contributed by atoms with Crippen molar-refractivity contribution in [3.8, 4) is 5.75 Å². The number of nitrogens with zero attached hydrogens (tertiary/aromatic N) is 6. The lowest BCUT2D eigenvalue weighted by Gasteiger charge is -2.36. The van der Waals surface area contributed by atoms with E-state index in [-0.39, 0.29) is 11.9 Å². The summed E-state index contributed by atoms with van der Waals surface area (Å²) in [5, 5.41) is 0. The highest BCUT2D eigenvalue weighted by atomic mass is 16.5. The van der Waals surface area contributed by atoms with Crippen LogP contribution in [0, 0.1) is 0 Å². The van der Waals surface area contributed by atoms with Gasteiger partial charge in [0.05, 0.1) is 7.11 Å². The number of aliphatic imine (C=N–C) groups is 1. The highest BCUT2D eigenvalue weighted by Gasteiger charge is 2.50. The van der Waals surface area contributed by atoms with Crippen LogP contribution in [0.4, 0.5) is 10.5 Å². The maximum atomic E-state index is 12.6. The number of carbonyl (C=O) groups is 2. The number of carbonyl (C=O) groups excluding carboxylic acids is 2. The topological polar surface area (TPSA) is 71.7 Å². The number of methoxy groups -OCH3 is 1. The predicted molar refractivity (Wildman–Crippen MR) is 105 cm³/mol. The van der Waals surface area contributed by atoms with Crippen LogP contribution in [0.1, 0.15) is 0 Å². The number of urea groups is 1. The van der Waals surface area contributed by atoms with Gasteiger partial charge in [-0.2, -0.15) is 0 Å². The Balaban J connectivity index is 1.36. The van der Waals surface area contributed by atoms with E-state index in [0.29, 0.717) is 12.5 Å². The Morgan fingerprint density at radius 2 is 1.75 bits per heavy atom. The van der Waals surface area contributed by atoms with E-state index in [1.165, 1.54) is 17.6 Å². The van der Waals surface area contributed by atoms with Gasteiger partial charge in [0.25, 0.3) is 24.1 Å². The van der Waals surface area contributed by atoms with Gasteiger partial charge >= 0.3 is 6.03 Å². The number of fused-ring (bicyclic) bond motifs is 1. The van der Waals surface area contributed by atoms with Gasteiger partial charge in [-0.1, -0.05) is 0 Å². The summed E-state index contributed by atoms with van der Waals surface area (Å²) in [4.78, 5) is 36.3. The van der Waals surface area contributed by atoms with Crippen LogP contribution >= 0.6 is 0 Å². The second kappa shape index (κ2) is 7.23. The van der Waals surface area contributed by atoms with Crippen molar-refractivity contribution in [3.63, 3.8) is 0 Å². The van der Waals surface area contributed by atoms with E-state index in [2.05, 4.69) is 26.9 Å². The fourth-order valence-electron chi connectivity index (χ4n) is 3.83. The quantitative estimate of drug-likeness (QED) is 0.689. The summed E-state index contributed by atoms with van der Waals surface area (Å²) in [6, 6.07) is 7.24. The van der Waals surface area contributed by atoms with Gasteiger partial charge in [0.15, 0.2) is 0 Å². The first-order valence-corrected chi connectivity index (χ1v) is 9.33. The average Bonchev–Trinajstić information content (AvgIpc) is 3.15. The van der Waals surface area contributed by atoms with E-state index < -0.39 is 6.04 Å². The van der Waals surface area contributed by atoms with E-state index in [1.807, 2.05) is 16.7 Å². The molecule has 3 heterocycles. The van der Waals surface area contributed by atoms with Crippen molar-refractivity contribution >= 4 is 29.8 Å². The largest absolute Gasteiger partial charge is 0.497 e. The van der Waals surface area contributed by atoms with Crippen molar-refractivity contribution in [2.45, 2.75) is 6.04 Å². The summed E-state index contributed by atoms with van der Waals surface area (Å²) in [5.41, 5.74) is 1.18. The highest BCUT2D eigenvalue weighted by Crippen LogP contribution is 2.21. The predicted octanol–water partition coefficient (Wildman–Crippen LogP) is 0.120. The molecule has 148 valence electrons. The van der Waals surface area contributed by atoms with E-state index in [4.69, 9.17) is 4.74 Å². The van der Waals surface area contributed by atoms with Gasteiger partial charge in [-0.05, 0) is 29.3 Å². The van der Waals surface area contributed by atoms with Crippen LogP contribution in [-0.2, 0) is 4.79 Å². The number of imide groups is 1. The monoisotopic (exact) mass is 385 g/mol. The second-order valence-electron chi connectivity index (χ2n) is 7.20. The Morgan fingerprint density at radius 1 is 1.07 bits per heavy atom. The zero-order valence-electron chi connectivity index (χ0n) is 16.4. The van der Waals surface area contributed by atoms with E-state index in [0.717, 1.165) is 36.8 Å². The van der Waals surface area contributed by atoms with E-state index >= 15 is 0 Å². The first-order chi connectivity index (χ1) is 13.5. The molecule has 1 atom stereocenters. The molecule has 3 aliphatic heterocycles. The lowest BCUT2D eigenvalue weighted by molar-refractivity contribution is -0.551. The third kappa shape index (κ3) is 3.11. The summed E-state index contributed by atoms with van der Waals surface area (Å²) in [6.07, 6.45) is 1.68. The van der Waals surface area contributed by atoms with E-state index in [9.17, 15) is 9.59 Å². The van der Waals surface area contributed by atoms with Crippen LogP contribution in [0.2, 0.25) is 0 Å². The zero-order chi connectivity index (χ0) is 19.8. The number of benzene rings is 1. The molecular formula is C19H25N6O3+. The first-order valence-electron chi connectivity index (χ1n) is 9.33. The van der Waals surface area contributed by atoms with Gasteiger partial charge in [0.2, 0.25) is 0 Å². The number of hydrogen-bond donors (Lipinski definition) is 0. The summed E-state index contributed by atoms with van der Waals surface area (Å²) < 4.78 is 7.14. The minimum Gasteiger partial charge on any atom is -0.497 e. The molecular weight excluding hydrogens is 360 g/mol. The molecule has 2 fully saturated rings. The molecule has 2 saturated heterocycles. The number of likely N-dealkylation sites (N-methyl/N-ethyl adjacent to an activating group) is 2. The second-order valence-corrected chi connectivity index (χ2v) is 7.20. The molecule has 3 aliphatic rings. The molecule has 1 aromatic rings. The van der Waals surface area contributed by atoms with E-state index in [1.54, 1.807) is 20.5 Å². The molecule has 1 unspecified atom stereocenters. The van der Waals surface area contributed by atoms with Crippen LogP contribution in [-0.4, -0.2) is 103 Å². The number of amides is 3. The smallest absolute Gasteiger partial charge is 0.333 e. The number of rotatable bonds is 4. The average molecular weight is 385 g/mol. The molecule has 0 bridgehead atoms. The molecule has 9 heteroatoms. The van der Waals surface area contributed by atoms with Crippen molar-refractivity contribution in [3.05, 3.63) is 24.3 Å². The van der Waals surface area contributed by atoms with Gasteiger partial charge in [0.1, 0.15) is 12.4 Å². The maximum absolute atomic E-state index is 12.6. The molecule has 0 N–H and O–H groups in total. The SMILES string of the molecule is COc1ccc(N2CCN(C[N+]3=CN=C4C3C(=O)N(C)C(=O)N4C)CC2)cc1. The van der Waals surface area contributed by atoms with Crippen molar-refractivity contribution in [1.29, 1.82) is 0 Å². The van der Waals surface area contributed by atoms with Gasteiger partial charge in [-0.3, -0.25) is 19.5 Å². The van der Waals surface area contributed by atoms with Crippen molar-refractivity contribution < 1.29 is 18.9 Å². The Kier molecular flexibility index (Phi) is 4.76. The lowest BCUT2D eigenvalue weighted by Crippen LogP contribution is -2.62. The molecule has 0 radical (unpaired) electrons. The van der Waals surface area contributed by atoms with Crippen LogP contribution in [0.3, 0.4) is 0 Å². The molecule has 1 aromatic carbocycles. The first kappa shape index (κ1) is 18.4. The van der Waals surface area contributed by atoms with Crippen LogP contribution < -0.4 is 9.64 Å². The van der Waals surface area contributed by atoms with Crippen LogP contribution in [0.25, 0.3) is 0 Å². The third-order valence-corrected chi connectivity index (χ3v) is 5.57. The van der Waals surface area contributed by atoms with Crippen molar-refractivity contribution in [2.75, 3.05) is 59.0 Å². The molecule has 3 amide bonds. The van der Waals surface area contributed by atoms with Gasteiger partial charge in [0, 0.05) is 46.0 Å². The molecule has 0 spiro atoms. The number of hydrogen-bond acceptors (Lipinski definition) is 6. The summed E-state index contributed by atoms with van der Waals surface area (Å²) in [5.74, 6) is 1.13. The Hall–Kier alpha value is -2.94. The Labute approximate surface area is 164 Å². The molecule has 0 saturated carbocycles. The minimum absolute atomic E-state index is 0.229. The molecule has 0 aromatic heterocycles. The normalized spacial score (nSPS) is 23.0. The Bertz CT molecular complexity index is 842. The van der Waals surface area contributed by atoms with Crippen LogP contribution in [0.15, 0.2) is 29.3 Å². The third-order valence-electron chi connectivity index (χ3n) is 5.57. The number of anilines is 1. The number of piperazine rings is 1.